The molecule has 1 aromatic carbocycles. The quantitative estimate of drug-likeness (QED) is 0.684. The molecule has 2 heterocycles. The summed E-state index contributed by atoms with van der Waals surface area (Å²) in [5, 5.41) is 0. The molecule has 136 valence electrons. The second kappa shape index (κ2) is 6.34. The molecule has 1 aromatic heterocycles. The summed E-state index contributed by atoms with van der Waals surface area (Å²) < 4.78 is 0. The van der Waals surface area contributed by atoms with E-state index >= 15 is 0 Å². The third kappa shape index (κ3) is 2.74. The summed E-state index contributed by atoms with van der Waals surface area (Å²) in [7, 11) is 0. The van der Waals surface area contributed by atoms with Crippen molar-refractivity contribution in [1.29, 1.82) is 0 Å². The Kier molecular flexibility index (Phi) is 4.11. The number of aromatic nitrogens is 1. The zero-order chi connectivity index (χ0) is 19.2. The highest BCUT2D eigenvalue weighted by Gasteiger charge is 2.40. The van der Waals surface area contributed by atoms with E-state index in [0.717, 1.165) is 5.56 Å². The molecule has 3 heteroatoms. The average molecular weight is 356 g/mol. The van der Waals surface area contributed by atoms with Crippen LogP contribution in [0, 0.1) is 0 Å². The first-order valence-corrected chi connectivity index (χ1v) is 9.40. The van der Waals surface area contributed by atoms with E-state index in [1.807, 2.05) is 30.4 Å². The summed E-state index contributed by atoms with van der Waals surface area (Å²) >= 11 is 0. The predicted molar refractivity (Wildman–Crippen MR) is 111 cm³/mol. The minimum Gasteiger partial charge on any atom is -0.341 e. The molecule has 2 aromatic rings. The lowest BCUT2D eigenvalue weighted by atomic mass is 9.83. The van der Waals surface area contributed by atoms with E-state index in [1.165, 1.54) is 16.9 Å². The average Bonchev–Trinajstić information content (AvgIpc) is 2.89. The van der Waals surface area contributed by atoms with Gasteiger partial charge in [-0.15, -0.1) is 0 Å². The second-order valence-electron chi connectivity index (χ2n) is 7.88. The zero-order valence-corrected chi connectivity index (χ0v) is 16.2. The minimum atomic E-state index is -0.116. The van der Waals surface area contributed by atoms with Crippen molar-refractivity contribution in [3.05, 3.63) is 88.9 Å². The molecule has 1 aliphatic heterocycles. The Bertz CT molecular complexity index is 1010. The molecule has 0 bridgehead atoms. The molecule has 0 unspecified atom stereocenters. The van der Waals surface area contributed by atoms with E-state index in [1.54, 1.807) is 6.20 Å². The Labute approximate surface area is 160 Å². The van der Waals surface area contributed by atoms with Gasteiger partial charge in [-0.25, -0.2) is 0 Å². The van der Waals surface area contributed by atoms with E-state index in [0.29, 0.717) is 17.3 Å². The lowest BCUT2D eigenvalue weighted by Gasteiger charge is -2.30. The van der Waals surface area contributed by atoms with Crippen molar-refractivity contribution in [3.63, 3.8) is 0 Å². The fraction of sp³-hybridized carbons (Fsp3) is 0.250. The molecule has 0 atom stereocenters. The standard InChI is InChI=1S/C24H24N2O/c1-16(2)26-20-10-6-5-9-19(20)24(3,4)21(26)14-13-18-12-11-17-8-7-15-25-22(17)23(18)27/h5-16H,1-4H3/b18-13+,21-14-. The lowest BCUT2D eigenvalue weighted by molar-refractivity contribution is 0.103. The van der Waals surface area contributed by atoms with E-state index in [-0.39, 0.29) is 11.2 Å². The van der Waals surface area contributed by atoms with Gasteiger partial charge in [0.2, 0.25) is 5.78 Å². The highest BCUT2D eigenvalue weighted by atomic mass is 16.1. The maximum atomic E-state index is 12.8. The van der Waals surface area contributed by atoms with Gasteiger partial charge >= 0.3 is 0 Å². The Morgan fingerprint density at radius 3 is 2.59 bits per heavy atom. The van der Waals surface area contributed by atoms with Crippen molar-refractivity contribution in [2.24, 2.45) is 0 Å². The van der Waals surface area contributed by atoms with Gasteiger partial charge in [0.15, 0.2) is 0 Å². The summed E-state index contributed by atoms with van der Waals surface area (Å²) in [6.45, 7) is 8.89. The first-order chi connectivity index (χ1) is 12.9. The number of hydrogen-bond donors (Lipinski definition) is 0. The number of hydrogen-bond acceptors (Lipinski definition) is 3. The molecule has 0 N–H and O–H groups in total. The van der Waals surface area contributed by atoms with Crippen LogP contribution < -0.4 is 4.90 Å². The third-order valence-corrected chi connectivity index (χ3v) is 5.43. The van der Waals surface area contributed by atoms with Gasteiger partial charge in [0, 0.05) is 40.2 Å². The molecular formula is C24H24N2O. The summed E-state index contributed by atoms with van der Waals surface area (Å²) in [4.78, 5) is 19.4. The number of ketones is 1. The number of allylic oxidation sites excluding steroid dienone is 5. The van der Waals surface area contributed by atoms with Gasteiger partial charge in [0.05, 0.1) is 0 Å². The largest absolute Gasteiger partial charge is 0.341 e. The van der Waals surface area contributed by atoms with E-state index in [4.69, 9.17) is 0 Å². The molecule has 0 spiro atoms. The molecule has 0 saturated heterocycles. The fourth-order valence-electron chi connectivity index (χ4n) is 4.06. The SMILES string of the molecule is CC(C)N1/C(=C\C=C2/C=Cc3cccnc3C2=O)C(C)(C)c2ccccc21. The number of carbonyl (C=O) groups excluding carboxylic acids is 1. The van der Waals surface area contributed by atoms with Crippen molar-refractivity contribution in [3.8, 4) is 0 Å². The van der Waals surface area contributed by atoms with Gasteiger partial charge in [0.25, 0.3) is 0 Å². The molecule has 27 heavy (non-hydrogen) atoms. The van der Waals surface area contributed by atoms with Crippen LogP contribution in [0.25, 0.3) is 6.08 Å². The molecular weight excluding hydrogens is 332 g/mol. The summed E-state index contributed by atoms with van der Waals surface area (Å²) in [5.41, 5.74) is 5.74. The number of Topliss-reactive ketones (excluding diaryl/α,β-unsaturated/α-hetero) is 1. The van der Waals surface area contributed by atoms with Gasteiger partial charge in [0.1, 0.15) is 5.69 Å². The van der Waals surface area contributed by atoms with Gasteiger partial charge in [-0.05, 0) is 43.7 Å². The first kappa shape index (κ1) is 17.5. The minimum absolute atomic E-state index is 0.0191. The normalized spacial score (nSPS) is 20.5. The van der Waals surface area contributed by atoms with Crippen LogP contribution in [0.2, 0.25) is 0 Å². The highest BCUT2D eigenvalue weighted by Crippen LogP contribution is 2.48. The van der Waals surface area contributed by atoms with Crippen LogP contribution in [-0.2, 0) is 5.41 Å². The van der Waals surface area contributed by atoms with Crippen molar-refractivity contribution >= 4 is 17.5 Å². The number of nitrogens with zero attached hydrogens (tertiary/aromatic N) is 2. The van der Waals surface area contributed by atoms with Crippen LogP contribution in [0.1, 0.15) is 49.3 Å². The fourth-order valence-corrected chi connectivity index (χ4v) is 4.06. The van der Waals surface area contributed by atoms with Crippen LogP contribution in [0.5, 0.6) is 0 Å². The van der Waals surface area contributed by atoms with Crippen LogP contribution in [-0.4, -0.2) is 16.8 Å². The molecule has 2 aliphatic rings. The number of carbonyl (C=O) groups is 1. The van der Waals surface area contributed by atoms with E-state index in [2.05, 4.69) is 67.9 Å². The molecule has 1 aliphatic carbocycles. The first-order valence-electron chi connectivity index (χ1n) is 9.40. The summed E-state index contributed by atoms with van der Waals surface area (Å²) in [5.74, 6) is -0.0191. The smallest absolute Gasteiger partial charge is 0.211 e. The number of rotatable bonds is 2. The Balaban J connectivity index is 1.78. The molecule has 4 rings (SSSR count). The summed E-state index contributed by atoms with van der Waals surface area (Å²) in [6.07, 6.45) is 9.56. The van der Waals surface area contributed by atoms with Gasteiger partial charge in [-0.3, -0.25) is 9.78 Å². The van der Waals surface area contributed by atoms with E-state index in [9.17, 15) is 4.79 Å². The van der Waals surface area contributed by atoms with Crippen molar-refractivity contribution < 1.29 is 4.79 Å². The number of fused-ring (bicyclic) bond motifs is 2. The molecule has 0 radical (unpaired) electrons. The number of benzene rings is 1. The second-order valence-corrected chi connectivity index (χ2v) is 7.88. The Morgan fingerprint density at radius 1 is 1.04 bits per heavy atom. The lowest BCUT2D eigenvalue weighted by Crippen LogP contribution is -2.31. The topological polar surface area (TPSA) is 33.2 Å². The van der Waals surface area contributed by atoms with E-state index < -0.39 is 0 Å². The highest BCUT2D eigenvalue weighted by molar-refractivity contribution is 6.14. The number of para-hydroxylation sites is 1. The third-order valence-electron chi connectivity index (χ3n) is 5.43. The molecule has 3 nitrogen and oxygen atoms in total. The van der Waals surface area contributed by atoms with Crippen LogP contribution in [0.4, 0.5) is 5.69 Å². The van der Waals surface area contributed by atoms with Crippen LogP contribution in [0.15, 0.2) is 72.1 Å². The predicted octanol–water partition coefficient (Wildman–Crippen LogP) is 5.31. The van der Waals surface area contributed by atoms with Gasteiger partial charge in [-0.1, -0.05) is 50.3 Å². The van der Waals surface area contributed by atoms with Crippen molar-refractivity contribution in [2.75, 3.05) is 4.90 Å². The Hall–Kier alpha value is -2.94. The maximum absolute atomic E-state index is 12.8. The number of pyridine rings is 1. The van der Waals surface area contributed by atoms with Gasteiger partial charge in [-0.2, -0.15) is 0 Å². The monoisotopic (exact) mass is 356 g/mol. The zero-order valence-electron chi connectivity index (χ0n) is 16.2. The maximum Gasteiger partial charge on any atom is 0.211 e. The van der Waals surface area contributed by atoms with Crippen LogP contribution in [0.3, 0.4) is 0 Å². The van der Waals surface area contributed by atoms with Crippen molar-refractivity contribution in [2.45, 2.75) is 39.2 Å². The molecule has 0 fully saturated rings. The summed E-state index contributed by atoms with van der Waals surface area (Å²) in [6, 6.07) is 12.7. The number of anilines is 1. The van der Waals surface area contributed by atoms with Crippen molar-refractivity contribution in [1.82, 2.24) is 4.98 Å². The van der Waals surface area contributed by atoms with Crippen LogP contribution >= 0.6 is 0 Å². The Morgan fingerprint density at radius 2 is 1.81 bits per heavy atom. The molecule has 0 saturated carbocycles. The molecule has 0 amide bonds. The van der Waals surface area contributed by atoms with Gasteiger partial charge < -0.3 is 4.90 Å².